The first-order valence-corrected chi connectivity index (χ1v) is 18.1. The Morgan fingerprint density at radius 1 is 0.680 bits per heavy atom. The van der Waals surface area contributed by atoms with Gasteiger partial charge < -0.3 is 15.0 Å². The van der Waals surface area contributed by atoms with Crippen molar-refractivity contribution in [1.82, 2.24) is 10.2 Å². The van der Waals surface area contributed by atoms with Crippen LogP contribution in [-0.2, 0) is 14.3 Å². The standard InChI is InChI=1S/C22H24N2O4S.C17H20N2S.ClH/c1-15-9-11-16(12-10-15)29-18-8-6-5-7-17(18)24-19(25)13-23(14-20(24)26)21(27)28-22(2,3)4;1-14-6-8-15(9-7-14)20-17-5-3-2-4-16(17)19-12-10-18-11-13-19;/h5-12H,13-14H2,1-4H3;2-9,18H,10-13H2,1H3;1H. The number of rotatable bonds is 6. The molecule has 0 radical (unpaired) electrons. The molecule has 6 rings (SSSR count). The second-order valence-electron chi connectivity index (χ2n) is 13.0. The van der Waals surface area contributed by atoms with Crippen molar-refractivity contribution in [1.29, 1.82) is 0 Å². The number of anilines is 2. The third-order valence-electron chi connectivity index (χ3n) is 7.73. The largest absolute Gasteiger partial charge is 0.444 e. The predicted molar refractivity (Wildman–Crippen MR) is 206 cm³/mol. The van der Waals surface area contributed by atoms with Gasteiger partial charge in [0.1, 0.15) is 18.7 Å². The normalized spacial score (nSPS) is 14.8. The lowest BCUT2D eigenvalue weighted by Crippen LogP contribution is -2.56. The molecule has 0 aromatic heterocycles. The third kappa shape index (κ3) is 10.8. The summed E-state index contributed by atoms with van der Waals surface area (Å²) in [4.78, 5) is 47.1. The molecule has 0 spiro atoms. The highest BCUT2D eigenvalue weighted by molar-refractivity contribution is 7.99. The van der Waals surface area contributed by atoms with Crippen molar-refractivity contribution < 1.29 is 19.1 Å². The van der Waals surface area contributed by atoms with Crippen LogP contribution in [0.5, 0.6) is 0 Å². The number of para-hydroxylation sites is 2. The zero-order valence-corrected chi connectivity index (χ0v) is 31.6. The van der Waals surface area contributed by atoms with Crippen molar-refractivity contribution in [2.24, 2.45) is 0 Å². The number of aryl methyl sites for hydroxylation is 2. The van der Waals surface area contributed by atoms with Gasteiger partial charge in [0, 0.05) is 45.8 Å². The Kier molecular flexibility index (Phi) is 13.8. The number of ether oxygens (including phenoxy) is 1. The Bertz CT molecular complexity index is 1740. The molecule has 2 aliphatic rings. The number of piperazine rings is 2. The summed E-state index contributed by atoms with van der Waals surface area (Å²) >= 11 is 3.34. The molecular weight excluding hydrogens is 688 g/mol. The molecule has 0 saturated carbocycles. The molecule has 50 heavy (non-hydrogen) atoms. The molecule has 2 fully saturated rings. The van der Waals surface area contributed by atoms with Crippen molar-refractivity contribution in [2.45, 2.75) is 59.8 Å². The monoisotopic (exact) mass is 732 g/mol. The van der Waals surface area contributed by atoms with Crippen molar-refractivity contribution >= 4 is 65.2 Å². The second-order valence-corrected chi connectivity index (χ2v) is 15.2. The number of hydrogen-bond acceptors (Lipinski definition) is 8. The summed E-state index contributed by atoms with van der Waals surface area (Å²) < 4.78 is 5.29. The Balaban J connectivity index is 0.000000234. The van der Waals surface area contributed by atoms with E-state index in [0.717, 1.165) is 51.3 Å². The minimum Gasteiger partial charge on any atom is -0.444 e. The fourth-order valence-corrected chi connectivity index (χ4v) is 7.20. The van der Waals surface area contributed by atoms with E-state index in [1.54, 1.807) is 32.9 Å². The van der Waals surface area contributed by atoms with Gasteiger partial charge in [-0.1, -0.05) is 83.2 Å². The Morgan fingerprint density at radius 3 is 1.60 bits per heavy atom. The van der Waals surface area contributed by atoms with Crippen molar-refractivity contribution in [3.05, 3.63) is 108 Å². The summed E-state index contributed by atoms with van der Waals surface area (Å²) in [5, 5.41) is 3.41. The molecular formula is C39H45ClN4O4S2. The first-order chi connectivity index (χ1) is 23.5. The predicted octanol–water partition coefficient (Wildman–Crippen LogP) is 8.23. The highest BCUT2D eigenvalue weighted by Gasteiger charge is 2.37. The molecule has 0 bridgehead atoms. The average Bonchev–Trinajstić information content (AvgIpc) is 3.07. The summed E-state index contributed by atoms with van der Waals surface area (Å²) in [7, 11) is 0. The number of nitrogens with one attached hydrogen (secondary N) is 1. The highest BCUT2D eigenvalue weighted by Crippen LogP contribution is 2.37. The Labute approximate surface area is 310 Å². The number of benzene rings is 4. The van der Waals surface area contributed by atoms with Gasteiger partial charge in [-0.3, -0.25) is 14.5 Å². The minimum absolute atomic E-state index is 0. The number of hydrogen-bond donors (Lipinski definition) is 1. The van der Waals surface area contributed by atoms with E-state index in [4.69, 9.17) is 4.74 Å². The molecule has 0 atom stereocenters. The zero-order valence-electron chi connectivity index (χ0n) is 29.2. The SMILES string of the molecule is Cc1ccc(Sc2ccccc2N2C(=O)CN(C(=O)OC(C)(C)C)CC2=O)cc1.Cc1ccc(Sc2ccccc2N2CCNCC2)cc1.Cl. The van der Waals surface area contributed by atoms with E-state index >= 15 is 0 Å². The minimum atomic E-state index is -0.697. The topological polar surface area (TPSA) is 82.2 Å². The highest BCUT2D eigenvalue weighted by atomic mass is 35.5. The summed E-state index contributed by atoms with van der Waals surface area (Å²) in [5.41, 5.74) is 3.66. The van der Waals surface area contributed by atoms with Gasteiger partial charge in [0.15, 0.2) is 0 Å². The maximum atomic E-state index is 12.8. The first-order valence-electron chi connectivity index (χ1n) is 16.4. The summed E-state index contributed by atoms with van der Waals surface area (Å²) in [6, 6.07) is 32.8. The van der Waals surface area contributed by atoms with Crippen molar-refractivity contribution in [2.75, 3.05) is 49.1 Å². The fourth-order valence-electron chi connectivity index (χ4n) is 5.29. The number of amides is 3. The van der Waals surface area contributed by atoms with E-state index in [0.29, 0.717) is 5.69 Å². The molecule has 11 heteroatoms. The van der Waals surface area contributed by atoms with Crippen LogP contribution in [0.3, 0.4) is 0 Å². The van der Waals surface area contributed by atoms with Gasteiger partial charge in [-0.25, -0.2) is 9.69 Å². The second kappa shape index (κ2) is 17.8. The van der Waals surface area contributed by atoms with Crippen molar-refractivity contribution in [3.8, 4) is 0 Å². The molecule has 4 aromatic carbocycles. The smallest absolute Gasteiger partial charge is 0.411 e. The van der Waals surface area contributed by atoms with E-state index in [2.05, 4.69) is 65.7 Å². The molecule has 2 aliphatic heterocycles. The van der Waals surface area contributed by atoms with Gasteiger partial charge in [0.05, 0.1) is 11.4 Å². The molecule has 4 aromatic rings. The van der Waals surface area contributed by atoms with Crippen LogP contribution in [0.15, 0.2) is 117 Å². The van der Waals surface area contributed by atoms with Gasteiger partial charge in [-0.15, -0.1) is 12.4 Å². The number of nitrogens with zero attached hydrogens (tertiary/aromatic N) is 3. The average molecular weight is 733 g/mol. The van der Waals surface area contributed by atoms with Crippen LogP contribution in [0.2, 0.25) is 0 Å². The summed E-state index contributed by atoms with van der Waals surface area (Å²) in [6.45, 7) is 13.3. The van der Waals surface area contributed by atoms with Gasteiger partial charge >= 0.3 is 6.09 Å². The zero-order chi connectivity index (χ0) is 35.0. The molecule has 264 valence electrons. The van der Waals surface area contributed by atoms with E-state index < -0.39 is 23.5 Å². The van der Waals surface area contributed by atoms with E-state index in [1.807, 2.05) is 55.1 Å². The van der Waals surface area contributed by atoms with Crippen LogP contribution in [0.1, 0.15) is 31.9 Å². The Morgan fingerprint density at radius 2 is 1.12 bits per heavy atom. The number of carbonyl (C=O) groups is 3. The maximum Gasteiger partial charge on any atom is 0.411 e. The van der Waals surface area contributed by atoms with Crippen molar-refractivity contribution in [3.63, 3.8) is 0 Å². The molecule has 2 saturated heterocycles. The van der Waals surface area contributed by atoms with Crippen LogP contribution >= 0.6 is 35.9 Å². The van der Waals surface area contributed by atoms with Gasteiger partial charge in [-0.2, -0.15) is 0 Å². The lowest BCUT2D eigenvalue weighted by molar-refractivity contribution is -0.131. The third-order valence-corrected chi connectivity index (χ3v) is 9.88. The van der Waals surface area contributed by atoms with Gasteiger partial charge in [0.25, 0.3) is 11.8 Å². The first kappa shape index (κ1) is 38.8. The summed E-state index contributed by atoms with van der Waals surface area (Å²) in [6.07, 6.45) is -0.666. The van der Waals surface area contributed by atoms with E-state index in [-0.39, 0.29) is 25.5 Å². The molecule has 3 amide bonds. The quantitative estimate of drug-likeness (QED) is 0.199. The van der Waals surface area contributed by atoms with Crippen LogP contribution in [0.4, 0.5) is 16.2 Å². The van der Waals surface area contributed by atoms with Crippen LogP contribution in [-0.4, -0.2) is 67.7 Å². The van der Waals surface area contributed by atoms with Crippen LogP contribution in [0, 0.1) is 13.8 Å². The van der Waals surface area contributed by atoms with E-state index in [9.17, 15) is 14.4 Å². The molecule has 0 aliphatic carbocycles. The van der Waals surface area contributed by atoms with Gasteiger partial charge in [-0.05, 0) is 83.1 Å². The number of imide groups is 1. The lowest BCUT2D eigenvalue weighted by atomic mass is 10.2. The Hall–Kier alpha value is -3.96. The molecule has 0 unspecified atom stereocenters. The lowest BCUT2D eigenvalue weighted by Gasteiger charge is -2.34. The van der Waals surface area contributed by atoms with Crippen LogP contribution in [0.25, 0.3) is 0 Å². The molecule has 2 heterocycles. The number of carbonyl (C=O) groups excluding carboxylic acids is 3. The van der Waals surface area contributed by atoms with E-state index in [1.165, 1.54) is 32.8 Å². The fraction of sp³-hybridized carbons (Fsp3) is 0.308. The summed E-state index contributed by atoms with van der Waals surface area (Å²) in [5.74, 6) is -0.909. The van der Waals surface area contributed by atoms with Gasteiger partial charge in [0.2, 0.25) is 0 Å². The molecule has 1 N–H and O–H groups in total. The van der Waals surface area contributed by atoms with Crippen LogP contribution < -0.4 is 15.1 Å². The number of halogens is 1. The maximum absolute atomic E-state index is 12.8. The molecule has 8 nitrogen and oxygen atoms in total.